The molecular formula is C15H19FN2O. The monoisotopic (exact) mass is 262 g/mol. The molecule has 1 aromatic carbocycles. The Morgan fingerprint density at radius 1 is 1.37 bits per heavy atom. The summed E-state index contributed by atoms with van der Waals surface area (Å²) in [4.78, 5) is 4.44. The molecule has 1 heterocycles. The van der Waals surface area contributed by atoms with Crippen LogP contribution >= 0.6 is 0 Å². The maximum Gasteiger partial charge on any atom is 0.155 e. The highest BCUT2D eigenvalue weighted by Gasteiger charge is 2.28. The number of rotatable bonds is 2. The first-order valence-electron chi connectivity index (χ1n) is 6.79. The lowest BCUT2D eigenvalue weighted by molar-refractivity contribution is 0.0747. The highest BCUT2D eigenvalue weighted by molar-refractivity contribution is 5.78. The normalized spacial score (nSPS) is 16.9. The molecule has 19 heavy (non-hydrogen) atoms. The minimum absolute atomic E-state index is 0.334. The summed E-state index contributed by atoms with van der Waals surface area (Å²) in [7, 11) is 0. The Hall–Kier alpha value is -1.42. The van der Waals surface area contributed by atoms with Crippen LogP contribution < -0.4 is 0 Å². The third kappa shape index (κ3) is 1.86. The third-order valence-electron chi connectivity index (χ3n) is 4.07. The summed E-state index contributed by atoms with van der Waals surface area (Å²) < 4.78 is 16.7. The van der Waals surface area contributed by atoms with Gasteiger partial charge in [0, 0.05) is 11.6 Å². The summed E-state index contributed by atoms with van der Waals surface area (Å²) >= 11 is 0. The van der Waals surface area contributed by atoms with Crippen molar-refractivity contribution in [2.45, 2.75) is 51.7 Å². The van der Waals surface area contributed by atoms with Gasteiger partial charge < -0.3 is 9.67 Å². The average Bonchev–Trinajstić information content (AvgIpc) is 2.53. The molecule has 0 bridgehead atoms. The molecule has 1 N–H and O–H groups in total. The van der Waals surface area contributed by atoms with Crippen LogP contribution in [0.3, 0.4) is 0 Å². The SMILES string of the molecule is Cc1nc2ccc(C(C)(C)O)c(F)c2n1C1CCC1. The van der Waals surface area contributed by atoms with Crippen LogP contribution in [0.25, 0.3) is 11.0 Å². The smallest absolute Gasteiger partial charge is 0.155 e. The number of imidazole rings is 1. The lowest BCUT2D eigenvalue weighted by Crippen LogP contribution is -2.21. The van der Waals surface area contributed by atoms with E-state index < -0.39 is 5.60 Å². The lowest BCUT2D eigenvalue weighted by atomic mass is 9.92. The van der Waals surface area contributed by atoms with Crippen LogP contribution in [0.4, 0.5) is 4.39 Å². The van der Waals surface area contributed by atoms with Gasteiger partial charge in [-0.15, -0.1) is 0 Å². The zero-order valence-corrected chi connectivity index (χ0v) is 11.6. The first kappa shape index (κ1) is 12.6. The number of hydrogen-bond donors (Lipinski definition) is 1. The van der Waals surface area contributed by atoms with Crippen LogP contribution in [-0.4, -0.2) is 14.7 Å². The van der Waals surface area contributed by atoms with Crippen molar-refractivity contribution in [1.29, 1.82) is 0 Å². The van der Waals surface area contributed by atoms with Crippen LogP contribution in [0.2, 0.25) is 0 Å². The zero-order chi connectivity index (χ0) is 13.8. The zero-order valence-electron chi connectivity index (χ0n) is 11.6. The van der Waals surface area contributed by atoms with E-state index in [9.17, 15) is 9.50 Å². The number of hydrogen-bond acceptors (Lipinski definition) is 2. The minimum atomic E-state index is -1.18. The van der Waals surface area contributed by atoms with E-state index in [4.69, 9.17) is 0 Å². The van der Waals surface area contributed by atoms with Crippen molar-refractivity contribution in [3.05, 3.63) is 29.3 Å². The van der Waals surface area contributed by atoms with Crippen molar-refractivity contribution in [2.75, 3.05) is 0 Å². The molecule has 0 amide bonds. The van der Waals surface area contributed by atoms with Crippen molar-refractivity contribution in [3.8, 4) is 0 Å². The second-order valence-corrected chi connectivity index (χ2v) is 5.97. The second-order valence-electron chi connectivity index (χ2n) is 5.97. The van der Waals surface area contributed by atoms with Gasteiger partial charge in [0.15, 0.2) is 5.82 Å². The fourth-order valence-electron chi connectivity index (χ4n) is 2.83. The third-order valence-corrected chi connectivity index (χ3v) is 4.07. The van der Waals surface area contributed by atoms with E-state index >= 15 is 0 Å². The predicted molar refractivity (Wildman–Crippen MR) is 72.6 cm³/mol. The first-order chi connectivity index (χ1) is 8.89. The van der Waals surface area contributed by atoms with Crippen LogP contribution in [0.1, 0.15) is 50.5 Å². The van der Waals surface area contributed by atoms with Gasteiger partial charge in [0.05, 0.1) is 11.1 Å². The highest BCUT2D eigenvalue weighted by atomic mass is 19.1. The van der Waals surface area contributed by atoms with Gasteiger partial charge >= 0.3 is 0 Å². The Kier molecular flexibility index (Phi) is 2.68. The van der Waals surface area contributed by atoms with Gasteiger partial charge in [0.2, 0.25) is 0 Å². The van der Waals surface area contributed by atoms with E-state index in [0.29, 0.717) is 22.6 Å². The predicted octanol–water partition coefficient (Wildman–Crippen LogP) is 3.44. The van der Waals surface area contributed by atoms with Gasteiger partial charge in [-0.05, 0) is 46.1 Å². The maximum atomic E-state index is 14.7. The van der Waals surface area contributed by atoms with Crippen molar-refractivity contribution in [2.24, 2.45) is 0 Å². The van der Waals surface area contributed by atoms with Crippen molar-refractivity contribution >= 4 is 11.0 Å². The molecule has 1 aromatic heterocycles. The summed E-state index contributed by atoms with van der Waals surface area (Å²) in [6.45, 7) is 5.13. The largest absolute Gasteiger partial charge is 0.386 e. The Morgan fingerprint density at radius 2 is 2.05 bits per heavy atom. The van der Waals surface area contributed by atoms with Gasteiger partial charge in [0.25, 0.3) is 0 Å². The Morgan fingerprint density at radius 3 is 2.58 bits per heavy atom. The van der Waals surface area contributed by atoms with Gasteiger partial charge in [-0.2, -0.15) is 0 Å². The van der Waals surface area contributed by atoms with Gasteiger partial charge in [-0.25, -0.2) is 9.37 Å². The number of benzene rings is 1. The molecule has 1 aliphatic carbocycles. The molecule has 2 aromatic rings. The summed E-state index contributed by atoms with van der Waals surface area (Å²) in [6, 6.07) is 3.79. The first-order valence-corrected chi connectivity index (χ1v) is 6.79. The molecule has 1 aliphatic rings. The lowest BCUT2D eigenvalue weighted by Gasteiger charge is -2.29. The molecule has 0 atom stereocenters. The molecule has 3 nitrogen and oxygen atoms in total. The molecule has 0 unspecified atom stereocenters. The highest BCUT2D eigenvalue weighted by Crippen LogP contribution is 2.37. The molecule has 1 saturated carbocycles. The van der Waals surface area contributed by atoms with E-state index in [-0.39, 0.29) is 5.82 Å². The van der Waals surface area contributed by atoms with Gasteiger partial charge in [0.1, 0.15) is 11.3 Å². The molecule has 0 saturated heterocycles. The number of nitrogens with zero attached hydrogens (tertiary/aromatic N) is 2. The topological polar surface area (TPSA) is 38.1 Å². The Balaban J connectivity index is 2.28. The summed E-state index contributed by atoms with van der Waals surface area (Å²) in [5.74, 6) is 0.518. The Labute approximate surface area is 112 Å². The molecule has 102 valence electrons. The molecule has 1 fully saturated rings. The van der Waals surface area contributed by atoms with Gasteiger partial charge in [-0.1, -0.05) is 6.07 Å². The van der Waals surface area contributed by atoms with Crippen molar-refractivity contribution < 1.29 is 9.50 Å². The van der Waals surface area contributed by atoms with Crippen molar-refractivity contribution in [3.63, 3.8) is 0 Å². The minimum Gasteiger partial charge on any atom is -0.386 e. The number of halogens is 1. The fourth-order valence-corrected chi connectivity index (χ4v) is 2.83. The van der Waals surface area contributed by atoms with Crippen LogP contribution in [0, 0.1) is 12.7 Å². The standard InChI is InChI=1S/C15H19FN2O/c1-9-17-12-8-7-11(15(2,3)19)13(16)14(12)18(9)10-5-4-6-10/h7-8,10,19H,4-6H2,1-3H3. The molecule has 3 rings (SSSR count). The number of fused-ring (bicyclic) bond motifs is 1. The van der Waals surface area contributed by atoms with E-state index in [1.54, 1.807) is 26.0 Å². The van der Waals surface area contributed by atoms with E-state index in [1.165, 1.54) is 6.42 Å². The van der Waals surface area contributed by atoms with Gasteiger partial charge in [-0.3, -0.25) is 0 Å². The number of aliphatic hydroxyl groups is 1. The number of aromatic nitrogens is 2. The summed E-state index contributed by atoms with van der Waals surface area (Å²) in [5.41, 5.74) is 0.373. The molecule has 0 aliphatic heterocycles. The molecule has 0 radical (unpaired) electrons. The quantitative estimate of drug-likeness (QED) is 0.900. The summed E-state index contributed by atoms with van der Waals surface area (Å²) in [5, 5.41) is 10.1. The second kappa shape index (κ2) is 4.04. The summed E-state index contributed by atoms with van der Waals surface area (Å²) in [6.07, 6.45) is 3.35. The fraction of sp³-hybridized carbons (Fsp3) is 0.533. The molecular weight excluding hydrogens is 243 g/mol. The van der Waals surface area contributed by atoms with E-state index in [2.05, 4.69) is 4.98 Å². The molecule has 0 spiro atoms. The van der Waals surface area contributed by atoms with Crippen molar-refractivity contribution in [1.82, 2.24) is 9.55 Å². The Bertz CT molecular complexity index is 636. The van der Waals surface area contributed by atoms with E-state index in [1.807, 2.05) is 11.5 Å². The van der Waals surface area contributed by atoms with E-state index in [0.717, 1.165) is 18.7 Å². The van der Waals surface area contributed by atoms with Crippen LogP contribution in [-0.2, 0) is 5.60 Å². The van der Waals surface area contributed by atoms with Crippen LogP contribution in [0.5, 0.6) is 0 Å². The number of aryl methyl sites for hydroxylation is 1. The molecule has 4 heteroatoms. The van der Waals surface area contributed by atoms with Crippen LogP contribution in [0.15, 0.2) is 12.1 Å². The average molecular weight is 262 g/mol. The maximum absolute atomic E-state index is 14.7.